The molecule has 297 valence electrons. The molecule has 0 unspecified atom stereocenters. The number of pyridine rings is 3. The van der Waals surface area contributed by atoms with E-state index in [1.165, 1.54) is 50.2 Å². The van der Waals surface area contributed by atoms with Crippen LogP contribution in [0.5, 0.6) is 0 Å². The van der Waals surface area contributed by atoms with Crippen LogP contribution in [0.2, 0.25) is 19.6 Å². The molecule has 10 rings (SSSR count). The van der Waals surface area contributed by atoms with Crippen molar-refractivity contribution in [3.8, 4) is 22.5 Å². The predicted molar refractivity (Wildman–Crippen MR) is 245 cm³/mol. The molecule has 1 fully saturated rings. The Morgan fingerprint density at radius 3 is 2.17 bits per heavy atom. The number of hydrogen-bond acceptors (Lipinski definition) is 4. The molecular formula is C52H46FIrN3SSi-2. The van der Waals surface area contributed by atoms with Crippen molar-refractivity contribution in [1.82, 2.24) is 15.0 Å². The molecule has 9 aromatic rings. The third-order valence-corrected chi connectivity index (χ3v) is 14.3. The van der Waals surface area contributed by atoms with Crippen molar-refractivity contribution in [2.75, 3.05) is 0 Å². The van der Waals surface area contributed by atoms with Crippen LogP contribution in [0.4, 0.5) is 4.39 Å². The Kier molecular flexibility index (Phi) is 10.8. The molecular weight excluding hydrogens is 938 g/mol. The van der Waals surface area contributed by atoms with E-state index in [0.717, 1.165) is 52.2 Å². The normalized spacial score (nSPS) is 14.8. The first kappa shape index (κ1) is 36.0. The van der Waals surface area contributed by atoms with Crippen LogP contribution in [0.15, 0.2) is 134 Å². The zero-order valence-corrected chi connectivity index (χ0v) is 37.5. The summed E-state index contributed by atoms with van der Waals surface area (Å²) < 4.78 is 51.1. The fourth-order valence-corrected chi connectivity index (χ4v) is 10.9. The van der Waals surface area contributed by atoms with E-state index in [1.807, 2.05) is 36.5 Å². The third kappa shape index (κ3) is 8.71. The van der Waals surface area contributed by atoms with Gasteiger partial charge < -0.3 is 15.0 Å². The third-order valence-electron chi connectivity index (χ3n) is 11.0. The second-order valence-corrected chi connectivity index (χ2v) is 22.1. The van der Waals surface area contributed by atoms with Crippen molar-refractivity contribution in [2.24, 2.45) is 5.92 Å². The molecule has 0 N–H and O–H groups in total. The van der Waals surface area contributed by atoms with Gasteiger partial charge in [-0.25, -0.2) is 0 Å². The Hall–Kier alpha value is -4.91. The maximum atomic E-state index is 13.2. The van der Waals surface area contributed by atoms with Crippen LogP contribution in [-0.4, -0.2) is 23.0 Å². The summed E-state index contributed by atoms with van der Waals surface area (Å²) in [7, 11) is -1.83. The molecule has 4 heterocycles. The summed E-state index contributed by atoms with van der Waals surface area (Å²) in [5.41, 5.74) is 4.79. The van der Waals surface area contributed by atoms with Crippen LogP contribution >= 0.6 is 11.3 Å². The van der Waals surface area contributed by atoms with Gasteiger partial charge in [-0.15, -0.1) is 29.8 Å². The Morgan fingerprint density at radius 1 is 0.729 bits per heavy atom. The Balaban J connectivity index is 0.000000180. The summed E-state index contributed by atoms with van der Waals surface area (Å²) in [5, 5.41) is 8.29. The largest absolute Gasteiger partial charge is 0.359 e. The predicted octanol–water partition coefficient (Wildman–Crippen LogP) is 13.6. The molecule has 0 bridgehead atoms. The number of rotatable bonds is 7. The molecule has 0 spiro atoms. The maximum Gasteiger partial charge on any atom is 0.0799 e. The average molecular weight is 988 g/mol. The van der Waals surface area contributed by atoms with Gasteiger partial charge in [0.05, 0.1) is 8.07 Å². The molecule has 59 heavy (non-hydrogen) atoms. The van der Waals surface area contributed by atoms with E-state index in [1.54, 1.807) is 48.0 Å². The van der Waals surface area contributed by atoms with Gasteiger partial charge in [0.25, 0.3) is 0 Å². The first-order valence-corrected chi connectivity index (χ1v) is 24.4. The fraction of sp³-hybridized carbons (Fsp3) is 0.212. The number of halogens is 1. The van der Waals surface area contributed by atoms with E-state index in [0.29, 0.717) is 27.9 Å². The number of thiophene rings is 1. The second-order valence-electron chi connectivity index (χ2n) is 16.1. The van der Waals surface area contributed by atoms with E-state index in [2.05, 4.69) is 95.4 Å². The summed E-state index contributed by atoms with van der Waals surface area (Å²) >= 11 is 1.76. The zero-order chi connectivity index (χ0) is 43.2. The summed E-state index contributed by atoms with van der Waals surface area (Å²) in [6.45, 7) is 6.54. The number of fused-ring (bicyclic) bond motifs is 8. The number of aromatic nitrogens is 3. The molecule has 1 saturated carbocycles. The van der Waals surface area contributed by atoms with Gasteiger partial charge in [0.2, 0.25) is 0 Å². The van der Waals surface area contributed by atoms with E-state index >= 15 is 0 Å². The summed E-state index contributed by atoms with van der Waals surface area (Å²) in [6, 6.07) is 39.1. The molecule has 3 nitrogen and oxygen atoms in total. The Labute approximate surface area is 370 Å². The van der Waals surface area contributed by atoms with Crippen LogP contribution in [0.1, 0.15) is 54.3 Å². The van der Waals surface area contributed by atoms with Crippen molar-refractivity contribution in [1.29, 1.82) is 0 Å². The van der Waals surface area contributed by atoms with Gasteiger partial charge in [-0.2, -0.15) is 11.3 Å². The topological polar surface area (TPSA) is 38.7 Å². The SMILES string of the molecule is [2H]C([2H])(c1ccccc1)c1cc(-c2[c-]cc(F)cc2)ncc1[Si](C)(C)C.[2H]C([2H])(c1ccnc(-c2[c-]ncc3c2sc2c4ccccc4c4ccccc4c32)c1)C1CCCCC1.[Ir]. The summed E-state index contributed by atoms with van der Waals surface area (Å²) in [6.07, 6.45) is 11.0. The molecule has 0 atom stereocenters. The van der Waals surface area contributed by atoms with Gasteiger partial charge in [-0.05, 0) is 90.9 Å². The number of hydrogen-bond donors (Lipinski definition) is 0. The molecule has 1 aliphatic rings. The van der Waals surface area contributed by atoms with Crippen LogP contribution < -0.4 is 5.19 Å². The van der Waals surface area contributed by atoms with Crippen LogP contribution in [0, 0.1) is 24.0 Å². The van der Waals surface area contributed by atoms with E-state index in [4.69, 9.17) is 5.48 Å². The summed E-state index contributed by atoms with van der Waals surface area (Å²) in [4.78, 5) is 13.7. The van der Waals surface area contributed by atoms with Gasteiger partial charge in [-0.1, -0.05) is 165 Å². The molecule has 1 aliphatic carbocycles. The molecule has 4 aromatic heterocycles. The Bertz CT molecular complexity index is 3080. The monoisotopic (exact) mass is 988 g/mol. The minimum Gasteiger partial charge on any atom is -0.359 e. The smallest absolute Gasteiger partial charge is 0.0799 e. The minimum absolute atomic E-state index is 0. The first-order chi connectivity index (χ1) is 29.8. The molecule has 0 saturated heterocycles. The molecule has 1 radical (unpaired) electrons. The number of benzene rings is 5. The first-order valence-electron chi connectivity index (χ1n) is 22.1. The number of nitrogens with zero attached hydrogens (tertiary/aromatic N) is 3. The van der Waals surface area contributed by atoms with Crippen LogP contribution in [0.25, 0.3) is 64.2 Å². The molecule has 0 amide bonds. The van der Waals surface area contributed by atoms with E-state index < -0.39 is 20.8 Å². The molecule has 7 heteroatoms. The van der Waals surface area contributed by atoms with Gasteiger partial charge in [0.1, 0.15) is 0 Å². The van der Waals surface area contributed by atoms with Crippen molar-refractivity contribution in [2.45, 2.75) is 64.5 Å². The van der Waals surface area contributed by atoms with Gasteiger partial charge in [0, 0.05) is 48.5 Å². The van der Waals surface area contributed by atoms with Crippen LogP contribution in [0.3, 0.4) is 0 Å². The molecule has 5 aromatic carbocycles. The average Bonchev–Trinajstić information content (AvgIpc) is 3.70. The van der Waals surface area contributed by atoms with E-state index in [9.17, 15) is 4.39 Å². The standard InChI is InChI=1S/C31H25N2S.C21H21FNSi.Ir/c1-2-8-20(9-3-1)16-21-14-15-33-28(17-21)26-18-32-19-27-29-24-12-6-4-10-22(24)23-11-5-7-13-25(23)31(29)34-30(26)27;1-24(2,3)21-15-23-20(17-9-11-19(22)12-10-17)14-18(21)13-16-7-5-4-6-8-16;/h4-7,10-15,17,19-20H,1-3,8-9,16H2;4-9,11-12,14-15H,13H2,1-3H3;/q2*-1;/i16D2;13D2;. The van der Waals surface area contributed by atoms with Crippen molar-refractivity contribution in [3.05, 3.63) is 169 Å². The van der Waals surface area contributed by atoms with Crippen LogP contribution in [-0.2, 0) is 32.9 Å². The zero-order valence-electron chi connectivity index (χ0n) is 37.3. The molecule has 0 aliphatic heterocycles. The van der Waals surface area contributed by atoms with Crippen molar-refractivity contribution >= 4 is 66.3 Å². The fourth-order valence-electron chi connectivity index (χ4n) is 8.13. The van der Waals surface area contributed by atoms with Crippen molar-refractivity contribution < 1.29 is 30.0 Å². The summed E-state index contributed by atoms with van der Waals surface area (Å²) in [5.74, 6) is -0.297. The van der Waals surface area contributed by atoms with Crippen molar-refractivity contribution in [3.63, 3.8) is 0 Å². The quantitative estimate of drug-likeness (QED) is 0.0907. The van der Waals surface area contributed by atoms with Gasteiger partial charge in [-0.3, -0.25) is 4.39 Å². The maximum absolute atomic E-state index is 13.2. The minimum atomic E-state index is -1.83. The van der Waals surface area contributed by atoms with Gasteiger partial charge >= 0.3 is 0 Å². The Morgan fingerprint density at radius 2 is 1.44 bits per heavy atom. The second kappa shape index (κ2) is 17.7. The van der Waals surface area contributed by atoms with Gasteiger partial charge in [0.15, 0.2) is 0 Å². The van der Waals surface area contributed by atoms with E-state index in [-0.39, 0.29) is 31.8 Å².